The number of fused-ring (bicyclic) bond motifs is 4. The molecule has 10 heteroatoms. The molecule has 2 aliphatic heterocycles. The number of ether oxygens (including phenoxy) is 4. The van der Waals surface area contributed by atoms with E-state index in [1.54, 1.807) is 0 Å². The van der Waals surface area contributed by atoms with E-state index in [1.165, 1.54) is 75.3 Å². The minimum absolute atomic E-state index is 0.00351. The summed E-state index contributed by atoms with van der Waals surface area (Å²) in [4.78, 5) is 53.6. The van der Waals surface area contributed by atoms with Gasteiger partial charge in [0.25, 0.3) is 0 Å². The Kier molecular flexibility index (Phi) is 22.1. The van der Waals surface area contributed by atoms with Crippen LogP contribution in [0.25, 0.3) is 0 Å². The molecule has 10 rings (SSSR count). The summed E-state index contributed by atoms with van der Waals surface area (Å²) in [5.41, 5.74) is 11.0. The number of hydrogen-bond donors (Lipinski definition) is 2. The zero-order chi connectivity index (χ0) is 63.1. The molecule has 2 saturated carbocycles. The van der Waals surface area contributed by atoms with Gasteiger partial charge >= 0.3 is 11.9 Å². The molecule has 2 amide bonds. The molecular formula is C80H100N2O8. The highest BCUT2D eigenvalue weighted by atomic mass is 16.5. The highest BCUT2D eigenvalue weighted by Crippen LogP contribution is 2.50. The zero-order valence-electron chi connectivity index (χ0n) is 54.9. The number of amides is 2. The fourth-order valence-electron chi connectivity index (χ4n) is 15.2. The fraction of sp³-hybridized carbons (Fsp3) is 0.500. The molecule has 4 aliphatic rings. The zero-order valence-corrected chi connectivity index (χ0v) is 54.9. The number of hydrogen-bond acceptors (Lipinski definition) is 8. The van der Waals surface area contributed by atoms with Gasteiger partial charge in [-0.25, -0.2) is 0 Å². The Bertz CT molecular complexity index is 3090. The van der Waals surface area contributed by atoms with Crippen LogP contribution in [0.3, 0.4) is 0 Å². The Morgan fingerprint density at radius 1 is 0.433 bits per heavy atom. The minimum Gasteiger partial charge on any atom is -0.466 e. The molecule has 0 radical (unpaired) electrons. The van der Waals surface area contributed by atoms with Crippen LogP contribution in [0.2, 0.25) is 0 Å². The van der Waals surface area contributed by atoms with Crippen molar-refractivity contribution in [2.45, 2.75) is 231 Å². The molecular weight excluding hydrogens is 1120 g/mol. The van der Waals surface area contributed by atoms with Gasteiger partial charge in [-0.15, -0.1) is 0 Å². The molecule has 90 heavy (non-hydrogen) atoms. The standard InChI is InChI=1S/C80H100N2O8/c1-77(2,3)65-37-35-57(53-67(65)81-73(83)55-63-59-27-11-15-31-69(59)89-70-32-16-12-28-60(63)70)41-49-79(43-19-7-20-44-79)47-23-9-25-51-87-75(85)39-40-76(86)88-52-26-10-24-48-80(45-21-8-22-46-80)50-42-58-36-38-66(78(4,5)6)68(54-58)82-74(84)56-64-61-29-13-17-33-71(61)90-72-34-18-14-30-62(64)72/h11-18,27-38,53-54,63-64H,7-10,19-26,39-52,55-56H2,1-6H3,(H,81,83)(H,82,84). The van der Waals surface area contributed by atoms with Gasteiger partial charge in [0, 0.05) is 58.3 Å². The summed E-state index contributed by atoms with van der Waals surface area (Å²) < 4.78 is 23.7. The van der Waals surface area contributed by atoms with Gasteiger partial charge in [0.05, 0.1) is 26.1 Å². The normalized spacial score (nSPS) is 16.0. The van der Waals surface area contributed by atoms with Gasteiger partial charge in [-0.3, -0.25) is 19.2 Å². The quantitative estimate of drug-likeness (QED) is 0.0385. The van der Waals surface area contributed by atoms with Crippen LogP contribution < -0.4 is 20.1 Å². The fourth-order valence-corrected chi connectivity index (χ4v) is 15.2. The first-order valence-electron chi connectivity index (χ1n) is 34.3. The number of anilines is 2. The van der Waals surface area contributed by atoms with Crippen molar-refractivity contribution in [2.24, 2.45) is 10.8 Å². The largest absolute Gasteiger partial charge is 0.466 e. The Morgan fingerprint density at radius 2 is 0.778 bits per heavy atom. The molecule has 0 spiro atoms. The number of benzene rings is 6. The predicted octanol–water partition coefficient (Wildman–Crippen LogP) is 20.3. The molecule has 0 atom stereocenters. The number of aryl methyl sites for hydroxylation is 2. The highest BCUT2D eigenvalue weighted by Gasteiger charge is 2.35. The van der Waals surface area contributed by atoms with Gasteiger partial charge in [0.15, 0.2) is 0 Å². The molecule has 6 aromatic rings. The van der Waals surface area contributed by atoms with Crippen molar-refractivity contribution in [3.05, 3.63) is 178 Å². The van der Waals surface area contributed by atoms with Gasteiger partial charge < -0.3 is 29.6 Å². The van der Waals surface area contributed by atoms with Crippen LogP contribution in [0.1, 0.15) is 252 Å². The molecule has 0 saturated heterocycles. The summed E-state index contributed by atoms with van der Waals surface area (Å²) in [5, 5.41) is 6.78. The second-order valence-electron chi connectivity index (χ2n) is 28.9. The first-order valence-corrected chi connectivity index (χ1v) is 34.3. The summed E-state index contributed by atoms with van der Waals surface area (Å²) in [7, 11) is 0. The molecule has 0 unspecified atom stereocenters. The van der Waals surface area contributed by atoms with Gasteiger partial charge in [-0.2, -0.15) is 0 Å². The number of rotatable bonds is 27. The Labute approximate surface area is 537 Å². The summed E-state index contributed by atoms with van der Waals surface area (Å²) in [5.74, 6) is 2.36. The molecule has 2 fully saturated rings. The van der Waals surface area contributed by atoms with Gasteiger partial charge in [-0.1, -0.05) is 203 Å². The van der Waals surface area contributed by atoms with E-state index in [-0.39, 0.29) is 70.1 Å². The van der Waals surface area contributed by atoms with E-state index >= 15 is 0 Å². The molecule has 0 bridgehead atoms. The maximum absolute atomic E-state index is 14.1. The molecule has 2 N–H and O–H groups in total. The number of carbonyl (C=O) groups excluding carboxylic acids is 4. The third kappa shape index (κ3) is 17.4. The Morgan fingerprint density at radius 3 is 1.12 bits per heavy atom. The van der Waals surface area contributed by atoms with Crippen molar-refractivity contribution in [2.75, 3.05) is 23.8 Å². The number of para-hydroxylation sites is 4. The topological polar surface area (TPSA) is 129 Å². The maximum atomic E-state index is 14.1. The molecule has 10 nitrogen and oxygen atoms in total. The lowest BCUT2D eigenvalue weighted by Gasteiger charge is -2.38. The van der Waals surface area contributed by atoms with Crippen LogP contribution in [0.4, 0.5) is 11.4 Å². The number of carbonyl (C=O) groups is 4. The van der Waals surface area contributed by atoms with Gasteiger partial charge in [0.2, 0.25) is 11.8 Å². The van der Waals surface area contributed by atoms with E-state index in [0.717, 1.165) is 145 Å². The predicted molar refractivity (Wildman–Crippen MR) is 362 cm³/mol. The van der Waals surface area contributed by atoms with Gasteiger partial charge in [0.1, 0.15) is 23.0 Å². The van der Waals surface area contributed by atoms with Crippen LogP contribution in [0.15, 0.2) is 133 Å². The summed E-state index contributed by atoms with van der Waals surface area (Å²) in [6, 6.07) is 45.6. The minimum atomic E-state index is -0.338. The van der Waals surface area contributed by atoms with E-state index in [0.29, 0.717) is 26.1 Å². The first kappa shape index (κ1) is 65.7. The van der Waals surface area contributed by atoms with E-state index in [4.69, 9.17) is 18.9 Å². The second-order valence-corrected chi connectivity index (χ2v) is 28.9. The first-order chi connectivity index (χ1) is 43.4. The monoisotopic (exact) mass is 1220 g/mol. The molecule has 0 aromatic heterocycles. The smallest absolute Gasteiger partial charge is 0.306 e. The Hall–Kier alpha value is -7.20. The lowest BCUT2D eigenvalue weighted by molar-refractivity contribution is -0.150. The molecule has 2 heterocycles. The number of nitrogens with one attached hydrogen (secondary N) is 2. The van der Waals surface area contributed by atoms with E-state index in [2.05, 4.69) is 113 Å². The van der Waals surface area contributed by atoms with Gasteiger partial charge in [-0.05, 0) is 157 Å². The van der Waals surface area contributed by atoms with Crippen molar-refractivity contribution < 1.29 is 38.1 Å². The van der Waals surface area contributed by atoms with Crippen molar-refractivity contribution in [3.8, 4) is 23.0 Å². The van der Waals surface area contributed by atoms with E-state index in [1.807, 2.05) is 72.8 Å². The second kappa shape index (κ2) is 30.3. The molecule has 6 aromatic carbocycles. The van der Waals surface area contributed by atoms with Crippen LogP contribution in [0, 0.1) is 10.8 Å². The summed E-state index contributed by atoms with van der Waals surface area (Å²) >= 11 is 0. The Balaban J connectivity index is 0.618. The van der Waals surface area contributed by atoms with Crippen LogP contribution in [0.5, 0.6) is 23.0 Å². The molecule has 478 valence electrons. The lowest BCUT2D eigenvalue weighted by atomic mass is 9.68. The van der Waals surface area contributed by atoms with Crippen molar-refractivity contribution in [1.29, 1.82) is 0 Å². The number of unbranched alkanes of at least 4 members (excludes halogenated alkanes) is 4. The SMILES string of the molecule is CC(C)(C)c1ccc(CCC2(CCCCCOC(=O)CCC(=O)OCCCCCC3(CCc4ccc(C(C)(C)C)c(NC(=O)CC5c6ccccc6Oc6ccccc65)c4)CCCCC3)CCCCC2)cc1NC(=O)CC1c2ccccc2Oc2ccccc21. The third-order valence-corrected chi connectivity index (χ3v) is 20.2. The lowest BCUT2D eigenvalue weighted by Crippen LogP contribution is -2.25. The van der Waals surface area contributed by atoms with Crippen LogP contribution in [-0.2, 0) is 52.3 Å². The van der Waals surface area contributed by atoms with Crippen LogP contribution >= 0.6 is 0 Å². The van der Waals surface area contributed by atoms with E-state index in [9.17, 15) is 19.2 Å². The number of esters is 2. The highest BCUT2D eigenvalue weighted by molar-refractivity contribution is 5.94. The third-order valence-electron chi connectivity index (χ3n) is 20.2. The van der Waals surface area contributed by atoms with Crippen LogP contribution in [-0.4, -0.2) is 37.0 Å². The maximum Gasteiger partial charge on any atom is 0.306 e. The van der Waals surface area contributed by atoms with Crippen molar-refractivity contribution >= 4 is 35.1 Å². The van der Waals surface area contributed by atoms with Crippen molar-refractivity contribution in [3.63, 3.8) is 0 Å². The summed E-state index contributed by atoms with van der Waals surface area (Å²) in [6.07, 6.45) is 25.6. The summed E-state index contributed by atoms with van der Waals surface area (Å²) in [6.45, 7) is 14.0. The van der Waals surface area contributed by atoms with Crippen molar-refractivity contribution in [1.82, 2.24) is 0 Å². The average molecular weight is 1220 g/mol. The molecule has 2 aliphatic carbocycles. The van der Waals surface area contributed by atoms with E-state index < -0.39 is 0 Å². The average Bonchev–Trinajstić information content (AvgIpc) is 0.911.